The van der Waals surface area contributed by atoms with Crippen LogP contribution in [-0.4, -0.2) is 74.0 Å². The van der Waals surface area contributed by atoms with E-state index >= 15 is 0 Å². The molecule has 20 heavy (non-hydrogen) atoms. The van der Waals surface area contributed by atoms with Crippen molar-refractivity contribution in [3.63, 3.8) is 0 Å². The second-order valence-corrected chi connectivity index (χ2v) is 6.26. The van der Waals surface area contributed by atoms with Gasteiger partial charge in [0.25, 0.3) is 0 Å². The summed E-state index contributed by atoms with van der Waals surface area (Å²) in [5.41, 5.74) is 0. The van der Waals surface area contributed by atoms with Gasteiger partial charge in [-0.05, 0) is 12.3 Å². The first kappa shape index (κ1) is 17.9. The van der Waals surface area contributed by atoms with Gasteiger partial charge in [-0.15, -0.1) is 0 Å². The molecule has 4 nitrogen and oxygen atoms in total. The minimum absolute atomic E-state index is 0.278. The molecular weight excluding hydrogens is 252 g/mol. The van der Waals surface area contributed by atoms with Gasteiger partial charge in [-0.2, -0.15) is 0 Å². The van der Waals surface area contributed by atoms with Crippen molar-refractivity contribution < 1.29 is 9.84 Å². The van der Waals surface area contributed by atoms with Crippen molar-refractivity contribution in [2.45, 2.75) is 39.5 Å². The van der Waals surface area contributed by atoms with E-state index < -0.39 is 0 Å². The van der Waals surface area contributed by atoms with Gasteiger partial charge in [0.1, 0.15) is 0 Å². The highest BCUT2D eigenvalue weighted by Gasteiger charge is 2.15. The maximum absolute atomic E-state index is 8.90. The van der Waals surface area contributed by atoms with E-state index in [1.54, 1.807) is 0 Å². The number of nitrogens with zero attached hydrogens (tertiary/aromatic N) is 2. The van der Waals surface area contributed by atoms with Gasteiger partial charge in [0, 0.05) is 45.9 Å². The smallest absolute Gasteiger partial charge is 0.0593 e. The van der Waals surface area contributed by atoms with Crippen molar-refractivity contribution in [1.29, 1.82) is 0 Å². The van der Waals surface area contributed by atoms with Crippen LogP contribution in [0.2, 0.25) is 0 Å². The van der Waals surface area contributed by atoms with Gasteiger partial charge in [-0.25, -0.2) is 0 Å². The van der Waals surface area contributed by atoms with E-state index in [1.165, 1.54) is 25.7 Å². The number of ether oxygens (including phenoxy) is 1. The van der Waals surface area contributed by atoms with Gasteiger partial charge in [-0.3, -0.25) is 9.80 Å². The number of hydrogen-bond acceptors (Lipinski definition) is 4. The first-order valence-corrected chi connectivity index (χ1v) is 8.35. The Labute approximate surface area is 125 Å². The monoisotopic (exact) mass is 286 g/mol. The van der Waals surface area contributed by atoms with Crippen molar-refractivity contribution in [3.8, 4) is 0 Å². The third-order valence-electron chi connectivity index (χ3n) is 4.00. The van der Waals surface area contributed by atoms with E-state index in [0.29, 0.717) is 0 Å². The summed E-state index contributed by atoms with van der Waals surface area (Å²) >= 11 is 0. The Bertz CT molecular complexity index is 217. The van der Waals surface area contributed by atoms with E-state index in [9.17, 15) is 0 Å². The van der Waals surface area contributed by atoms with Crippen molar-refractivity contribution in [2.75, 3.05) is 59.1 Å². The predicted octanol–water partition coefficient (Wildman–Crippen LogP) is 1.83. The molecule has 1 rings (SSSR count). The van der Waals surface area contributed by atoms with Gasteiger partial charge < -0.3 is 9.84 Å². The number of aliphatic hydroxyl groups is 1. The van der Waals surface area contributed by atoms with Crippen molar-refractivity contribution in [1.82, 2.24) is 9.80 Å². The van der Waals surface area contributed by atoms with Crippen LogP contribution in [0.15, 0.2) is 0 Å². The second kappa shape index (κ2) is 11.5. The van der Waals surface area contributed by atoms with Gasteiger partial charge >= 0.3 is 0 Å². The van der Waals surface area contributed by atoms with Crippen LogP contribution in [0.4, 0.5) is 0 Å². The molecule has 1 heterocycles. The highest BCUT2D eigenvalue weighted by atomic mass is 16.5. The fourth-order valence-corrected chi connectivity index (χ4v) is 2.61. The van der Waals surface area contributed by atoms with Crippen LogP contribution in [0.25, 0.3) is 0 Å². The summed E-state index contributed by atoms with van der Waals surface area (Å²) in [6.07, 6.45) is 5.20. The number of piperazine rings is 1. The summed E-state index contributed by atoms with van der Waals surface area (Å²) < 4.78 is 5.72. The first-order chi connectivity index (χ1) is 9.72. The van der Waals surface area contributed by atoms with Gasteiger partial charge in [0.2, 0.25) is 0 Å². The lowest BCUT2D eigenvalue weighted by atomic mass is 10.1. The Balaban J connectivity index is 1.85. The molecule has 0 aromatic rings. The molecule has 0 aliphatic carbocycles. The molecule has 4 heteroatoms. The highest BCUT2D eigenvalue weighted by molar-refractivity contribution is 4.71. The topological polar surface area (TPSA) is 35.9 Å². The summed E-state index contributed by atoms with van der Waals surface area (Å²) in [5.74, 6) is 0.834. The van der Waals surface area contributed by atoms with E-state index in [4.69, 9.17) is 9.84 Å². The number of hydrogen-bond donors (Lipinski definition) is 1. The SMILES string of the molecule is CC(C)CCCCCOCCN1CCN(CCO)CC1. The van der Waals surface area contributed by atoms with Crippen LogP contribution >= 0.6 is 0 Å². The molecule has 0 radical (unpaired) electrons. The standard InChI is InChI=1S/C16H34N2O2/c1-16(2)6-4-3-5-14-20-15-12-18-9-7-17(8-10-18)11-13-19/h16,19H,3-15H2,1-2H3. The maximum atomic E-state index is 8.90. The molecule has 0 bridgehead atoms. The zero-order valence-electron chi connectivity index (χ0n) is 13.5. The molecule has 1 saturated heterocycles. The highest BCUT2D eigenvalue weighted by Crippen LogP contribution is 2.08. The molecular formula is C16H34N2O2. The predicted molar refractivity (Wildman–Crippen MR) is 84.1 cm³/mol. The van der Waals surface area contributed by atoms with Crippen molar-refractivity contribution >= 4 is 0 Å². The normalized spacial score (nSPS) is 18.0. The van der Waals surface area contributed by atoms with Gasteiger partial charge in [0.15, 0.2) is 0 Å². The van der Waals surface area contributed by atoms with Crippen LogP contribution in [0.5, 0.6) is 0 Å². The lowest BCUT2D eigenvalue weighted by Gasteiger charge is -2.34. The summed E-state index contributed by atoms with van der Waals surface area (Å²) in [6.45, 7) is 12.9. The first-order valence-electron chi connectivity index (χ1n) is 8.35. The van der Waals surface area contributed by atoms with E-state index in [1.807, 2.05) is 0 Å². The molecule has 0 amide bonds. The number of β-amino-alcohol motifs (C(OH)–C–C–N with tert-alkyl or cyclic N) is 1. The summed E-state index contributed by atoms with van der Waals surface area (Å²) in [5, 5.41) is 8.90. The zero-order valence-corrected chi connectivity index (χ0v) is 13.5. The maximum Gasteiger partial charge on any atom is 0.0593 e. The molecule has 0 saturated carbocycles. The van der Waals surface area contributed by atoms with Crippen molar-refractivity contribution in [2.24, 2.45) is 5.92 Å². The second-order valence-electron chi connectivity index (χ2n) is 6.26. The molecule has 1 aliphatic heterocycles. The number of aliphatic hydroxyl groups excluding tert-OH is 1. The Hall–Kier alpha value is -0.160. The molecule has 120 valence electrons. The van der Waals surface area contributed by atoms with Gasteiger partial charge in [-0.1, -0.05) is 33.1 Å². The third kappa shape index (κ3) is 8.90. The fourth-order valence-electron chi connectivity index (χ4n) is 2.61. The average molecular weight is 286 g/mol. The number of unbranched alkanes of at least 4 members (excludes halogenated alkanes) is 2. The molecule has 0 atom stereocenters. The molecule has 0 aromatic carbocycles. The lowest BCUT2D eigenvalue weighted by molar-refractivity contribution is 0.0685. The quantitative estimate of drug-likeness (QED) is 0.588. The Morgan fingerprint density at radius 3 is 2.15 bits per heavy atom. The molecule has 0 aromatic heterocycles. The molecule has 0 spiro atoms. The Morgan fingerprint density at radius 2 is 1.55 bits per heavy atom. The van der Waals surface area contributed by atoms with Crippen LogP contribution in [0.1, 0.15) is 39.5 Å². The minimum atomic E-state index is 0.278. The summed E-state index contributed by atoms with van der Waals surface area (Å²) in [6, 6.07) is 0. The van der Waals surface area contributed by atoms with E-state index in [0.717, 1.165) is 58.4 Å². The fraction of sp³-hybridized carbons (Fsp3) is 1.00. The Morgan fingerprint density at radius 1 is 0.900 bits per heavy atom. The van der Waals surface area contributed by atoms with E-state index in [-0.39, 0.29) is 6.61 Å². The Kier molecular flexibility index (Phi) is 10.3. The summed E-state index contributed by atoms with van der Waals surface area (Å²) in [7, 11) is 0. The summed E-state index contributed by atoms with van der Waals surface area (Å²) in [4.78, 5) is 4.79. The molecule has 1 fully saturated rings. The van der Waals surface area contributed by atoms with E-state index in [2.05, 4.69) is 23.6 Å². The van der Waals surface area contributed by atoms with Crippen LogP contribution in [0.3, 0.4) is 0 Å². The average Bonchev–Trinajstić information content (AvgIpc) is 2.43. The lowest BCUT2D eigenvalue weighted by Crippen LogP contribution is -2.47. The van der Waals surface area contributed by atoms with Gasteiger partial charge in [0.05, 0.1) is 13.2 Å². The molecule has 1 N–H and O–H groups in total. The minimum Gasteiger partial charge on any atom is -0.395 e. The molecule has 0 unspecified atom stereocenters. The third-order valence-corrected chi connectivity index (χ3v) is 4.00. The zero-order chi connectivity index (χ0) is 14.6. The number of rotatable bonds is 11. The van der Waals surface area contributed by atoms with Crippen molar-refractivity contribution in [3.05, 3.63) is 0 Å². The van der Waals surface area contributed by atoms with Crippen LogP contribution in [-0.2, 0) is 4.74 Å². The molecule has 1 aliphatic rings. The largest absolute Gasteiger partial charge is 0.395 e. The van der Waals surface area contributed by atoms with Crippen LogP contribution < -0.4 is 0 Å². The van der Waals surface area contributed by atoms with Crippen LogP contribution in [0, 0.1) is 5.92 Å².